The van der Waals surface area contributed by atoms with Gasteiger partial charge in [0, 0.05) is 41.7 Å². The molecule has 0 saturated carbocycles. The number of pyridine rings is 1. The summed E-state index contributed by atoms with van der Waals surface area (Å²) in [7, 11) is -3.60. The van der Waals surface area contributed by atoms with Crippen LogP contribution in [0.15, 0.2) is 53.8 Å². The van der Waals surface area contributed by atoms with Crippen LogP contribution in [0.1, 0.15) is 5.56 Å². The zero-order valence-electron chi connectivity index (χ0n) is 11.1. The summed E-state index contributed by atoms with van der Waals surface area (Å²) in [6.07, 6.45) is 4.72. The second-order valence-corrected chi connectivity index (χ2v) is 6.37. The van der Waals surface area contributed by atoms with Crippen LogP contribution in [0.4, 0.5) is 5.69 Å². The van der Waals surface area contributed by atoms with Crippen molar-refractivity contribution in [3.8, 4) is 0 Å². The summed E-state index contributed by atoms with van der Waals surface area (Å²) in [5, 5.41) is 0.617. The topological polar surface area (TPSA) is 101 Å². The van der Waals surface area contributed by atoms with Gasteiger partial charge in [0.05, 0.1) is 0 Å². The van der Waals surface area contributed by atoms with E-state index in [9.17, 15) is 8.42 Å². The fraction of sp³-hybridized carbons (Fsp3) is 0.0714. The monoisotopic (exact) mass is 302 g/mol. The van der Waals surface area contributed by atoms with E-state index in [1.807, 2.05) is 0 Å². The van der Waals surface area contributed by atoms with Gasteiger partial charge in [-0.2, -0.15) is 0 Å². The van der Waals surface area contributed by atoms with E-state index >= 15 is 0 Å². The number of sulfonamides is 1. The van der Waals surface area contributed by atoms with Crippen molar-refractivity contribution in [3.05, 3.63) is 54.5 Å². The van der Waals surface area contributed by atoms with Gasteiger partial charge in [-0.15, -0.1) is 0 Å². The molecule has 7 heteroatoms. The number of nitrogens with zero attached hydrogens (tertiary/aromatic N) is 1. The van der Waals surface area contributed by atoms with Crippen molar-refractivity contribution in [3.63, 3.8) is 0 Å². The van der Waals surface area contributed by atoms with Crippen molar-refractivity contribution < 1.29 is 8.42 Å². The van der Waals surface area contributed by atoms with E-state index < -0.39 is 10.0 Å². The smallest absolute Gasteiger partial charge is 0.242 e. The Bertz CT molecular complexity index is 872. The second kappa shape index (κ2) is 5.19. The molecule has 0 aliphatic rings. The van der Waals surface area contributed by atoms with Gasteiger partial charge >= 0.3 is 0 Å². The van der Waals surface area contributed by atoms with E-state index in [0.717, 1.165) is 5.56 Å². The lowest BCUT2D eigenvalue weighted by Gasteiger charge is -2.05. The number of hydrogen-bond acceptors (Lipinski definition) is 4. The molecule has 108 valence electrons. The summed E-state index contributed by atoms with van der Waals surface area (Å²) in [5.41, 5.74) is 7.81. The molecule has 0 aliphatic heterocycles. The van der Waals surface area contributed by atoms with Crippen LogP contribution in [0.5, 0.6) is 0 Å². The number of aromatic nitrogens is 2. The maximum Gasteiger partial charge on any atom is 0.242 e. The normalized spacial score (nSPS) is 11.8. The molecule has 3 rings (SSSR count). The predicted octanol–water partition coefficient (Wildman–Crippen LogP) is 1.62. The van der Waals surface area contributed by atoms with Crippen LogP contribution in [-0.4, -0.2) is 18.4 Å². The SMILES string of the molecule is Nc1ccc2c(S(=O)(=O)NCc3ccncc3)c[nH]c2c1. The minimum Gasteiger partial charge on any atom is -0.399 e. The zero-order chi connectivity index (χ0) is 14.9. The number of fused-ring (bicyclic) bond motifs is 1. The molecule has 0 amide bonds. The predicted molar refractivity (Wildman–Crippen MR) is 81.0 cm³/mol. The van der Waals surface area contributed by atoms with Crippen molar-refractivity contribution in [2.75, 3.05) is 5.73 Å². The number of nitrogens with one attached hydrogen (secondary N) is 2. The minimum absolute atomic E-state index is 0.214. The fourth-order valence-corrected chi connectivity index (χ4v) is 3.29. The van der Waals surface area contributed by atoms with Gasteiger partial charge in [0.25, 0.3) is 0 Å². The molecule has 1 aromatic carbocycles. The van der Waals surface area contributed by atoms with E-state index in [-0.39, 0.29) is 11.4 Å². The van der Waals surface area contributed by atoms with Crippen LogP contribution >= 0.6 is 0 Å². The highest BCUT2D eigenvalue weighted by molar-refractivity contribution is 7.89. The van der Waals surface area contributed by atoms with Crippen LogP contribution in [0.3, 0.4) is 0 Å². The number of nitrogens with two attached hydrogens (primary N) is 1. The molecular weight excluding hydrogens is 288 g/mol. The number of rotatable bonds is 4. The largest absolute Gasteiger partial charge is 0.399 e. The molecule has 3 aromatic rings. The van der Waals surface area contributed by atoms with Crippen molar-refractivity contribution in [1.82, 2.24) is 14.7 Å². The molecule has 4 N–H and O–H groups in total. The first kappa shape index (κ1) is 13.6. The van der Waals surface area contributed by atoms with Crippen LogP contribution in [0.2, 0.25) is 0 Å². The Morgan fingerprint density at radius 2 is 1.95 bits per heavy atom. The van der Waals surface area contributed by atoms with Gasteiger partial charge in [-0.1, -0.05) is 0 Å². The molecule has 0 saturated heterocycles. The number of benzene rings is 1. The number of anilines is 1. The lowest BCUT2D eigenvalue weighted by atomic mass is 10.2. The summed E-state index contributed by atoms with van der Waals surface area (Å²) >= 11 is 0. The quantitative estimate of drug-likeness (QED) is 0.637. The van der Waals surface area contributed by atoms with Crippen molar-refractivity contribution in [2.24, 2.45) is 0 Å². The summed E-state index contributed by atoms with van der Waals surface area (Å²) in [4.78, 5) is 7.03. The minimum atomic E-state index is -3.60. The summed E-state index contributed by atoms with van der Waals surface area (Å²) in [6, 6.07) is 8.61. The molecule has 0 radical (unpaired) electrons. The van der Waals surface area contributed by atoms with Crippen LogP contribution in [-0.2, 0) is 16.6 Å². The Kier molecular flexibility index (Phi) is 3.36. The van der Waals surface area contributed by atoms with Gasteiger partial charge in [-0.3, -0.25) is 4.98 Å². The van der Waals surface area contributed by atoms with Crippen molar-refractivity contribution in [1.29, 1.82) is 0 Å². The van der Waals surface area contributed by atoms with Gasteiger partial charge in [-0.25, -0.2) is 13.1 Å². The van der Waals surface area contributed by atoms with Crippen LogP contribution in [0, 0.1) is 0 Å². The molecule has 0 atom stereocenters. The summed E-state index contributed by atoms with van der Waals surface area (Å²) < 4.78 is 27.4. The standard InChI is InChI=1S/C14H14N4O2S/c15-11-1-2-12-13(7-11)17-9-14(12)21(19,20)18-8-10-3-5-16-6-4-10/h1-7,9,17-18H,8,15H2. The second-order valence-electron chi connectivity index (χ2n) is 4.64. The molecular formula is C14H14N4O2S. The van der Waals surface area contributed by atoms with E-state index in [1.54, 1.807) is 42.7 Å². The third-order valence-electron chi connectivity index (χ3n) is 3.17. The third kappa shape index (κ3) is 2.74. The number of hydrogen-bond donors (Lipinski definition) is 3. The van der Waals surface area contributed by atoms with Gasteiger partial charge in [0.2, 0.25) is 10.0 Å². The molecule has 6 nitrogen and oxygen atoms in total. The third-order valence-corrected chi connectivity index (χ3v) is 4.61. The highest BCUT2D eigenvalue weighted by atomic mass is 32.2. The fourth-order valence-electron chi connectivity index (χ4n) is 2.10. The van der Waals surface area contributed by atoms with Gasteiger partial charge in [0.15, 0.2) is 0 Å². The van der Waals surface area contributed by atoms with Crippen molar-refractivity contribution >= 4 is 26.6 Å². The molecule has 0 bridgehead atoms. The average molecular weight is 302 g/mol. The van der Waals surface area contributed by atoms with E-state index in [1.165, 1.54) is 6.20 Å². The molecule has 2 aromatic heterocycles. The molecule has 0 fully saturated rings. The zero-order valence-corrected chi connectivity index (χ0v) is 11.9. The molecule has 0 spiro atoms. The summed E-state index contributed by atoms with van der Waals surface area (Å²) in [5.74, 6) is 0. The lowest BCUT2D eigenvalue weighted by Crippen LogP contribution is -2.23. The Labute approximate surface area is 122 Å². The number of aromatic amines is 1. The molecule has 2 heterocycles. The number of H-pyrrole nitrogens is 1. The Balaban J connectivity index is 1.90. The summed E-state index contributed by atoms with van der Waals surface area (Å²) in [6.45, 7) is 0.215. The first-order valence-electron chi connectivity index (χ1n) is 6.31. The number of nitrogen functional groups attached to an aromatic ring is 1. The lowest BCUT2D eigenvalue weighted by molar-refractivity contribution is 0.582. The van der Waals surface area contributed by atoms with E-state index in [2.05, 4.69) is 14.7 Å². The Morgan fingerprint density at radius 3 is 2.71 bits per heavy atom. The van der Waals surface area contributed by atoms with E-state index in [4.69, 9.17) is 5.73 Å². The Hall–Kier alpha value is -2.38. The average Bonchev–Trinajstić information content (AvgIpc) is 2.90. The van der Waals surface area contributed by atoms with Crippen molar-refractivity contribution in [2.45, 2.75) is 11.4 Å². The highest BCUT2D eigenvalue weighted by Crippen LogP contribution is 2.24. The van der Waals surface area contributed by atoms with E-state index in [0.29, 0.717) is 16.6 Å². The van der Waals surface area contributed by atoms with Gasteiger partial charge in [0.1, 0.15) is 4.90 Å². The van der Waals surface area contributed by atoms with Crippen LogP contribution in [0.25, 0.3) is 10.9 Å². The Morgan fingerprint density at radius 1 is 1.19 bits per heavy atom. The highest BCUT2D eigenvalue weighted by Gasteiger charge is 2.18. The maximum atomic E-state index is 12.4. The first-order valence-corrected chi connectivity index (χ1v) is 7.80. The maximum absolute atomic E-state index is 12.4. The van der Waals surface area contributed by atoms with Crippen LogP contribution < -0.4 is 10.5 Å². The van der Waals surface area contributed by atoms with Gasteiger partial charge < -0.3 is 10.7 Å². The van der Waals surface area contributed by atoms with Gasteiger partial charge in [-0.05, 0) is 35.9 Å². The molecule has 0 unspecified atom stereocenters. The molecule has 21 heavy (non-hydrogen) atoms. The first-order chi connectivity index (χ1) is 10.1. The molecule has 0 aliphatic carbocycles.